The van der Waals surface area contributed by atoms with Gasteiger partial charge < -0.3 is 15.2 Å². The summed E-state index contributed by atoms with van der Waals surface area (Å²) in [7, 11) is 1.52. The molecule has 4 nitrogen and oxygen atoms in total. The lowest BCUT2D eigenvalue weighted by Crippen LogP contribution is -2.13. The number of aromatic hydroxyl groups is 1. The topological polar surface area (TPSA) is 58.6 Å². The van der Waals surface area contributed by atoms with Crippen LogP contribution in [0.3, 0.4) is 0 Å². The summed E-state index contributed by atoms with van der Waals surface area (Å²) in [5.41, 5.74) is 0.542. The Labute approximate surface area is 138 Å². The van der Waals surface area contributed by atoms with Gasteiger partial charge in [0.2, 0.25) is 0 Å². The van der Waals surface area contributed by atoms with Crippen LogP contribution in [0.4, 0.5) is 5.69 Å². The molecule has 0 aliphatic heterocycles. The molecule has 0 unspecified atom stereocenters. The van der Waals surface area contributed by atoms with E-state index in [2.05, 4.69) is 5.32 Å². The first-order chi connectivity index (χ1) is 11.1. The maximum atomic E-state index is 12.6. The van der Waals surface area contributed by atoms with E-state index in [4.69, 9.17) is 16.3 Å². The Balaban J connectivity index is 2.04. The molecule has 5 heteroatoms. The molecule has 1 amide bonds. The molecule has 0 atom stereocenters. The van der Waals surface area contributed by atoms with Crippen LogP contribution in [0.15, 0.2) is 54.6 Å². The number of nitrogens with one attached hydrogen (secondary N) is 1. The van der Waals surface area contributed by atoms with Crippen molar-refractivity contribution in [3.8, 4) is 11.5 Å². The van der Waals surface area contributed by atoms with Gasteiger partial charge in [-0.15, -0.1) is 0 Å². The highest BCUT2D eigenvalue weighted by atomic mass is 35.5. The van der Waals surface area contributed by atoms with Crippen molar-refractivity contribution in [2.75, 3.05) is 12.4 Å². The third-order valence-corrected chi connectivity index (χ3v) is 3.94. The molecule has 0 aliphatic carbocycles. The Kier molecular flexibility index (Phi) is 4.08. The van der Waals surface area contributed by atoms with E-state index >= 15 is 0 Å². The Bertz CT molecular complexity index is 893. The van der Waals surface area contributed by atoms with Crippen LogP contribution in [-0.2, 0) is 0 Å². The van der Waals surface area contributed by atoms with Crippen LogP contribution in [0.5, 0.6) is 11.5 Å². The number of benzene rings is 3. The molecule has 0 spiro atoms. The summed E-state index contributed by atoms with van der Waals surface area (Å²) in [6.07, 6.45) is 0. The summed E-state index contributed by atoms with van der Waals surface area (Å²) in [5.74, 6) is -0.138. The number of methoxy groups -OCH3 is 1. The second kappa shape index (κ2) is 6.18. The predicted molar refractivity (Wildman–Crippen MR) is 91.6 cm³/mol. The number of fused-ring (bicyclic) bond motifs is 1. The lowest BCUT2D eigenvalue weighted by molar-refractivity contribution is 0.102. The quantitative estimate of drug-likeness (QED) is 0.746. The van der Waals surface area contributed by atoms with E-state index in [-0.39, 0.29) is 16.3 Å². The first-order valence-corrected chi connectivity index (χ1v) is 7.34. The highest BCUT2D eigenvalue weighted by molar-refractivity contribution is 6.39. The van der Waals surface area contributed by atoms with Crippen molar-refractivity contribution in [2.24, 2.45) is 0 Å². The number of para-hydroxylation sites is 2. The smallest absolute Gasteiger partial charge is 0.261 e. The van der Waals surface area contributed by atoms with Gasteiger partial charge in [-0.3, -0.25) is 4.79 Å². The second-order valence-corrected chi connectivity index (χ2v) is 5.34. The third kappa shape index (κ3) is 2.81. The number of rotatable bonds is 3. The molecule has 23 heavy (non-hydrogen) atoms. The van der Waals surface area contributed by atoms with E-state index in [1.807, 2.05) is 18.2 Å². The van der Waals surface area contributed by atoms with Gasteiger partial charge in [-0.05, 0) is 23.6 Å². The van der Waals surface area contributed by atoms with Gasteiger partial charge in [-0.2, -0.15) is 0 Å². The van der Waals surface area contributed by atoms with Crippen molar-refractivity contribution in [2.45, 2.75) is 0 Å². The van der Waals surface area contributed by atoms with Crippen LogP contribution in [0, 0.1) is 0 Å². The molecular weight excluding hydrogens is 314 g/mol. The van der Waals surface area contributed by atoms with Crippen LogP contribution in [0.25, 0.3) is 10.8 Å². The molecule has 0 saturated heterocycles. The fourth-order valence-electron chi connectivity index (χ4n) is 2.44. The Morgan fingerprint density at radius 2 is 1.83 bits per heavy atom. The molecule has 3 rings (SSSR count). The zero-order chi connectivity index (χ0) is 16.4. The van der Waals surface area contributed by atoms with Gasteiger partial charge in [-0.1, -0.05) is 48.0 Å². The summed E-state index contributed by atoms with van der Waals surface area (Å²) in [5, 5.41) is 14.6. The SMILES string of the molecule is COc1ccccc1NC(=O)c1c(O)cc2ccccc2c1Cl. The number of anilines is 1. The van der Waals surface area contributed by atoms with Gasteiger partial charge in [0.1, 0.15) is 17.1 Å². The average Bonchev–Trinajstić information content (AvgIpc) is 2.55. The summed E-state index contributed by atoms with van der Waals surface area (Å²) in [6.45, 7) is 0. The molecule has 0 aromatic heterocycles. The number of amides is 1. The molecule has 0 bridgehead atoms. The van der Waals surface area contributed by atoms with Crippen LogP contribution in [0.2, 0.25) is 5.02 Å². The Morgan fingerprint density at radius 1 is 1.13 bits per heavy atom. The predicted octanol–water partition coefficient (Wildman–Crippen LogP) is 4.46. The second-order valence-electron chi connectivity index (χ2n) is 4.96. The maximum absolute atomic E-state index is 12.6. The fraction of sp³-hybridized carbons (Fsp3) is 0.0556. The molecule has 0 heterocycles. The Morgan fingerprint density at radius 3 is 2.61 bits per heavy atom. The monoisotopic (exact) mass is 327 g/mol. The van der Waals surface area contributed by atoms with Gasteiger partial charge in [0.15, 0.2) is 0 Å². The number of halogens is 1. The van der Waals surface area contributed by atoms with Crippen molar-refractivity contribution in [1.82, 2.24) is 0 Å². The summed E-state index contributed by atoms with van der Waals surface area (Å²) in [6, 6.07) is 15.8. The molecule has 0 fully saturated rings. The number of phenols is 1. The largest absolute Gasteiger partial charge is 0.507 e. The Hall–Kier alpha value is -2.72. The summed E-state index contributed by atoms with van der Waals surface area (Å²) >= 11 is 6.33. The average molecular weight is 328 g/mol. The molecule has 3 aromatic rings. The van der Waals surface area contributed by atoms with Crippen LogP contribution in [0.1, 0.15) is 10.4 Å². The lowest BCUT2D eigenvalue weighted by atomic mass is 10.0. The first kappa shape index (κ1) is 15.2. The van der Waals surface area contributed by atoms with Gasteiger partial charge >= 0.3 is 0 Å². The molecule has 2 N–H and O–H groups in total. The van der Waals surface area contributed by atoms with E-state index in [1.54, 1.807) is 30.3 Å². The van der Waals surface area contributed by atoms with Crippen molar-refractivity contribution in [3.05, 3.63) is 65.2 Å². The zero-order valence-corrected chi connectivity index (χ0v) is 13.1. The molecule has 3 aromatic carbocycles. The van der Waals surface area contributed by atoms with E-state index in [0.717, 1.165) is 5.39 Å². The molecule has 116 valence electrons. The maximum Gasteiger partial charge on any atom is 0.261 e. The van der Waals surface area contributed by atoms with E-state index in [9.17, 15) is 9.90 Å². The number of ether oxygens (including phenoxy) is 1. The normalized spacial score (nSPS) is 10.5. The number of hydrogen-bond acceptors (Lipinski definition) is 3. The molecular formula is C18H14ClNO3. The van der Waals surface area contributed by atoms with Gasteiger partial charge in [-0.25, -0.2) is 0 Å². The summed E-state index contributed by atoms with van der Waals surface area (Å²) in [4.78, 5) is 12.6. The highest BCUT2D eigenvalue weighted by Gasteiger charge is 2.19. The lowest BCUT2D eigenvalue weighted by Gasteiger charge is -2.13. The standard InChI is InChI=1S/C18H14ClNO3/c1-23-15-9-5-4-8-13(15)20-18(22)16-14(21)10-11-6-2-3-7-12(11)17(16)19/h2-10,21H,1H3,(H,20,22). The number of hydrogen-bond donors (Lipinski definition) is 2. The fourth-order valence-corrected chi connectivity index (χ4v) is 2.79. The van der Waals surface area contributed by atoms with Crippen LogP contribution >= 0.6 is 11.6 Å². The molecule has 0 radical (unpaired) electrons. The van der Waals surface area contributed by atoms with Crippen LogP contribution < -0.4 is 10.1 Å². The molecule has 0 aliphatic rings. The third-order valence-electron chi connectivity index (χ3n) is 3.55. The van der Waals surface area contributed by atoms with Crippen molar-refractivity contribution < 1.29 is 14.6 Å². The number of carbonyl (C=O) groups is 1. The zero-order valence-electron chi connectivity index (χ0n) is 12.3. The highest BCUT2D eigenvalue weighted by Crippen LogP contribution is 2.35. The minimum Gasteiger partial charge on any atom is -0.507 e. The van der Waals surface area contributed by atoms with Crippen LogP contribution in [-0.4, -0.2) is 18.1 Å². The van der Waals surface area contributed by atoms with Gasteiger partial charge in [0.25, 0.3) is 5.91 Å². The van der Waals surface area contributed by atoms with Crippen molar-refractivity contribution in [1.29, 1.82) is 0 Å². The van der Waals surface area contributed by atoms with Gasteiger partial charge in [0.05, 0.1) is 17.8 Å². The van der Waals surface area contributed by atoms with E-state index in [0.29, 0.717) is 16.8 Å². The van der Waals surface area contributed by atoms with E-state index < -0.39 is 5.91 Å². The van der Waals surface area contributed by atoms with Crippen molar-refractivity contribution >= 4 is 34.0 Å². The number of phenolic OH excluding ortho intramolecular Hbond substituents is 1. The van der Waals surface area contributed by atoms with Gasteiger partial charge in [0, 0.05) is 5.39 Å². The minimum atomic E-state index is -0.497. The summed E-state index contributed by atoms with van der Waals surface area (Å²) < 4.78 is 5.20. The van der Waals surface area contributed by atoms with E-state index in [1.165, 1.54) is 13.2 Å². The molecule has 0 saturated carbocycles. The first-order valence-electron chi connectivity index (χ1n) is 6.96. The number of carbonyl (C=O) groups excluding carboxylic acids is 1. The van der Waals surface area contributed by atoms with Crippen molar-refractivity contribution in [3.63, 3.8) is 0 Å². The minimum absolute atomic E-state index is 0.0382.